The van der Waals surface area contributed by atoms with Gasteiger partial charge in [0.1, 0.15) is 11.4 Å². The molecule has 0 spiro atoms. The number of ether oxygens (including phenoxy) is 1. The zero-order chi connectivity index (χ0) is 23.6. The number of hydrogen-bond donors (Lipinski definition) is 1. The van der Waals surface area contributed by atoms with E-state index in [0.717, 1.165) is 32.5 Å². The zero-order valence-electron chi connectivity index (χ0n) is 19.1. The van der Waals surface area contributed by atoms with Crippen LogP contribution in [-0.4, -0.2) is 81.8 Å². The van der Waals surface area contributed by atoms with Crippen LogP contribution in [0.2, 0.25) is 0 Å². The van der Waals surface area contributed by atoms with Gasteiger partial charge < -0.3 is 15.4 Å². The molecule has 10 heteroatoms. The first-order chi connectivity index (χ1) is 16.5. The molecule has 1 aliphatic carbocycles. The molecule has 10 nitrogen and oxygen atoms in total. The molecule has 1 aromatic heterocycles. The number of carbonyl (C=O) groups excluding carboxylic acids is 3. The van der Waals surface area contributed by atoms with E-state index in [2.05, 4.69) is 10.1 Å². The van der Waals surface area contributed by atoms with Gasteiger partial charge in [0.15, 0.2) is 5.69 Å². The standard InChI is InChI=1S/C24H28N6O4/c1-34-15-7-5-14(6-8-15)30-22-16(20(26-30)23(25)32)9-11-28(24(22)33)21-17-12-27(13-18(17)21)29-10-3-2-4-19(29)31/h5-8,17-18,21H,2-4,9-13H2,1H3,(H2,25,32). The Kier molecular flexibility index (Phi) is 4.87. The molecule has 2 N–H and O–H groups in total. The SMILES string of the molecule is COc1ccc(-n2nc(C(N)=O)c3c2C(=O)N(C2C4CN(N5CCCCC5=O)CC42)CC3)cc1. The molecule has 1 aromatic carbocycles. The van der Waals surface area contributed by atoms with Gasteiger partial charge in [-0.05, 0) is 43.5 Å². The van der Waals surface area contributed by atoms with E-state index in [0.29, 0.717) is 53.9 Å². The van der Waals surface area contributed by atoms with Gasteiger partial charge in [0.2, 0.25) is 5.91 Å². The quantitative estimate of drug-likeness (QED) is 0.701. The Hall–Kier alpha value is -3.40. The van der Waals surface area contributed by atoms with Crippen LogP contribution >= 0.6 is 0 Å². The van der Waals surface area contributed by atoms with Gasteiger partial charge >= 0.3 is 0 Å². The topological polar surface area (TPSA) is 114 Å². The number of fused-ring (bicyclic) bond motifs is 2. The second-order valence-electron chi connectivity index (χ2n) is 9.56. The third-order valence-corrected chi connectivity index (χ3v) is 7.73. The molecule has 4 aliphatic rings. The third kappa shape index (κ3) is 3.19. The third-order valence-electron chi connectivity index (χ3n) is 7.73. The van der Waals surface area contributed by atoms with Gasteiger partial charge in [-0.3, -0.25) is 19.4 Å². The molecule has 6 rings (SSSR count). The maximum Gasteiger partial charge on any atom is 0.273 e. The minimum absolute atomic E-state index is 0.114. The predicted octanol–water partition coefficient (Wildman–Crippen LogP) is 0.836. The maximum atomic E-state index is 13.7. The lowest BCUT2D eigenvalue weighted by Gasteiger charge is -2.37. The smallest absolute Gasteiger partial charge is 0.273 e. The number of methoxy groups -OCH3 is 1. The van der Waals surface area contributed by atoms with E-state index in [-0.39, 0.29) is 23.6 Å². The van der Waals surface area contributed by atoms with Gasteiger partial charge in [0.05, 0.1) is 12.8 Å². The summed E-state index contributed by atoms with van der Waals surface area (Å²) in [6, 6.07) is 7.36. The van der Waals surface area contributed by atoms with Crippen LogP contribution in [0, 0.1) is 11.8 Å². The van der Waals surface area contributed by atoms with Crippen molar-refractivity contribution >= 4 is 17.7 Å². The van der Waals surface area contributed by atoms with Crippen molar-refractivity contribution in [2.45, 2.75) is 31.7 Å². The summed E-state index contributed by atoms with van der Waals surface area (Å²) in [5.41, 5.74) is 7.47. The van der Waals surface area contributed by atoms with Crippen molar-refractivity contribution in [3.05, 3.63) is 41.2 Å². The number of amides is 3. The van der Waals surface area contributed by atoms with Gasteiger partial charge in [-0.2, -0.15) is 5.10 Å². The van der Waals surface area contributed by atoms with Crippen LogP contribution in [0.15, 0.2) is 24.3 Å². The fourth-order valence-corrected chi connectivity index (χ4v) is 5.99. The number of nitrogens with zero attached hydrogens (tertiary/aromatic N) is 5. The minimum Gasteiger partial charge on any atom is -0.497 e. The van der Waals surface area contributed by atoms with E-state index in [9.17, 15) is 14.4 Å². The molecule has 3 aliphatic heterocycles. The average Bonchev–Trinajstić information content (AvgIpc) is 3.18. The highest BCUT2D eigenvalue weighted by Crippen LogP contribution is 2.50. The lowest BCUT2D eigenvalue weighted by atomic mass is 10.0. The summed E-state index contributed by atoms with van der Waals surface area (Å²) in [6.07, 6.45) is 3.18. The van der Waals surface area contributed by atoms with Gasteiger partial charge in [0, 0.05) is 56.0 Å². The van der Waals surface area contributed by atoms with E-state index < -0.39 is 5.91 Å². The largest absolute Gasteiger partial charge is 0.497 e. The van der Waals surface area contributed by atoms with Crippen molar-refractivity contribution in [3.8, 4) is 11.4 Å². The highest BCUT2D eigenvalue weighted by Gasteiger charge is 2.61. The Bertz CT molecular complexity index is 1160. The molecular weight excluding hydrogens is 436 g/mol. The number of hydrogen-bond acceptors (Lipinski definition) is 6. The second kappa shape index (κ2) is 7.83. The Morgan fingerprint density at radius 3 is 2.44 bits per heavy atom. The van der Waals surface area contributed by atoms with Crippen LogP contribution in [-0.2, 0) is 11.2 Å². The molecule has 34 heavy (non-hydrogen) atoms. The molecule has 2 saturated heterocycles. The van der Waals surface area contributed by atoms with Gasteiger partial charge in [-0.25, -0.2) is 9.69 Å². The van der Waals surface area contributed by atoms with Crippen LogP contribution < -0.4 is 10.5 Å². The second-order valence-corrected chi connectivity index (χ2v) is 9.56. The molecule has 3 amide bonds. The Labute approximate surface area is 197 Å². The van der Waals surface area contributed by atoms with Crippen LogP contribution in [0.5, 0.6) is 5.75 Å². The summed E-state index contributed by atoms with van der Waals surface area (Å²) in [5.74, 6) is 0.897. The van der Waals surface area contributed by atoms with Crippen LogP contribution in [0.25, 0.3) is 5.69 Å². The monoisotopic (exact) mass is 464 g/mol. The number of nitrogens with two attached hydrogens (primary N) is 1. The highest BCUT2D eigenvalue weighted by molar-refractivity contribution is 6.01. The highest BCUT2D eigenvalue weighted by atomic mass is 16.5. The van der Waals surface area contributed by atoms with E-state index in [4.69, 9.17) is 10.5 Å². The molecular formula is C24H28N6O4. The molecule has 2 atom stereocenters. The summed E-state index contributed by atoms with van der Waals surface area (Å²) >= 11 is 0. The van der Waals surface area contributed by atoms with Crippen molar-refractivity contribution in [1.29, 1.82) is 0 Å². The van der Waals surface area contributed by atoms with Crippen molar-refractivity contribution < 1.29 is 19.1 Å². The number of carbonyl (C=O) groups is 3. The lowest BCUT2D eigenvalue weighted by Crippen LogP contribution is -2.51. The number of rotatable bonds is 5. The number of hydrazine groups is 1. The van der Waals surface area contributed by atoms with Crippen molar-refractivity contribution in [3.63, 3.8) is 0 Å². The molecule has 3 fully saturated rings. The first-order valence-electron chi connectivity index (χ1n) is 11.9. The number of piperidine rings is 2. The minimum atomic E-state index is -0.630. The normalized spacial score (nSPS) is 26.4. The van der Waals surface area contributed by atoms with Gasteiger partial charge in [0.25, 0.3) is 11.8 Å². The maximum absolute atomic E-state index is 13.7. The molecule has 0 radical (unpaired) electrons. The van der Waals surface area contributed by atoms with Crippen molar-refractivity contribution in [2.75, 3.05) is 33.3 Å². The van der Waals surface area contributed by atoms with Gasteiger partial charge in [-0.1, -0.05) is 0 Å². The Morgan fingerprint density at radius 2 is 1.79 bits per heavy atom. The number of aromatic nitrogens is 2. The predicted molar refractivity (Wildman–Crippen MR) is 121 cm³/mol. The zero-order valence-corrected chi connectivity index (χ0v) is 19.1. The molecule has 178 valence electrons. The summed E-state index contributed by atoms with van der Waals surface area (Å²) < 4.78 is 6.77. The first kappa shape index (κ1) is 21.2. The van der Waals surface area contributed by atoms with Crippen LogP contribution in [0.1, 0.15) is 45.8 Å². The molecule has 4 heterocycles. The van der Waals surface area contributed by atoms with Gasteiger partial charge in [-0.15, -0.1) is 0 Å². The summed E-state index contributed by atoms with van der Waals surface area (Å²) in [6.45, 7) is 2.95. The lowest BCUT2D eigenvalue weighted by molar-refractivity contribution is -0.152. The fraction of sp³-hybridized carbons (Fsp3) is 0.500. The molecule has 0 bridgehead atoms. The number of benzene rings is 1. The molecule has 1 saturated carbocycles. The molecule has 2 aromatic rings. The van der Waals surface area contributed by atoms with E-state index >= 15 is 0 Å². The molecule has 2 unspecified atom stereocenters. The Morgan fingerprint density at radius 1 is 1.06 bits per heavy atom. The van der Waals surface area contributed by atoms with Crippen LogP contribution in [0.4, 0.5) is 0 Å². The van der Waals surface area contributed by atoms with Crippen molar-refractivity contribution in [2.24, 2.45) is 17.6 Å². The number of primary amides is 1. The summed E-state index contributed by atoms with van der Waals surface area (Å²) in [7, 11) is 1.59. The van der Waals surface area contributed by atoms with E-state index in [1.807, 2.05) is 22.0 Å². The summed E-state index contributed by atoms with van der Waals surface area (Å²) in [5, 5.41) is 8.53. The summed E-state index contributed by atoms with van der Waals surface area (Å²) in [4.78, 5) is 40.1. The van der Waals surface area contributed by atoms with Crippen molar-refractivity contribution in [1.82, 2.24) is 24.7 Å². The van der Waals surface area contributed by atoms with E-state index in [1.54, 1.807) is 23.9 Å². The Balaban J connectivity index is 1.25. The fourth-order valence-electron chi connectivity index (χ4n) is 5.99. The van der Waals surface area contributed by atoms with E-state index in [1.165, 1.54) is 0 Å². The first-order valence-corrected chi connectivity index (χ1v) is 11.9. The van der Waals surface area contributed by atoms with Crippen LogP contribution in [0.3, 0.4) is 0 Å². The average molecular weight is 465 g/mol.